The number of rotatable bonds is 9. The van der Waals surface area contributed by atoms with Crippen molar-refractivity contribution in [1.82, 2.24) is 34.3 Å². The van der Waals surface area contributed by atoms with Gasteiger partial charge in [-0.05, 0) is 31.7 Å². The first kappa shape index (κ1) is 27.6. The second-order valence-corrected chi connectivity index (χ2v) is 11.8. The van der Waals surface area contributed by atoms with Crippen molar-refractivity contribution in [2.75, 3.05) is 32.3 Å². The molecule has 0 aliphatic heterocycles. The Morgan fingerprint density at radius 3 is 2.48 bits per heavy atom. The van der Waals surface area contributed by atoms with E-state index in [2.05, 4.69) is 20.2 Å². The Hall–Kier alpha value is -3.95. The number of methoxy groups -OCH3 is 1. The number of sulfone groups is 1. The van der Waals surface area contributed by atoms with Crippen LogP contribution in [0.3, 0.4) is 0 Å². The number of hydrogen-bond donors (Lipinski definition) is 2. The van der Waals surface area contributed by atoms with Crippen LogP contribution in [0.15, 0.2) is 35.7 Å². The summed E-state index contributed by atoms with van der Waals surface area (Å²) in [5, 5.41) is 18.5. The van der Waals surface area contributed by atoms with Crippen molar-refractivity contribution in [1.29, 1.82) is 0 Å². The van der Waals surface area contributed by atoms with Crippen molar-refractivity contribution in [2.45, 2.75) is 42.1 Å². The Kier molecular flexibility index (Phi) is 7.29. The Morgan fingerprint density at radius 2 is 1.90 bits per heavy atom. The summed E-state index contributed by atoms with van der Waals surface area (Å²) < 4.78 is 39.5. The summed E-state index contributed by atoms with van der Waals surface area (Å²) >= 11 is 0. The van der Waals surface area contributed by atoms with Crippen molar-refractivity contribution in [2.24, 2.45) is 7.05 Å². The fourth-order valence-corrected chi connectivity index (χ4v) is 6.17. The summed E-state index contributed by atoms with van der Waals surface area (Å²) in [6.45, 7) is 0.404. The number of hydrogen-bond acceptors (Lipinski definition) is 11. The molecule has 0 amide bonds. The maximum atomic E-state index is 12.9. The first-order valence-corrected chi connectivity index (χ1v) is 14.5. The average molecular weight is 571 g/mol. The molecule has 0 bridgehead atoms. The lowest BCUT2D eigenvalue weighted by Crippen LogP contribution is -2.45. The molecule has 15 heteroatoms. The number of nitrogen functional groups attached to an aromatic ring is 1. The summed E-state index contributed by atoms with van der Waals surface area (Å²) in [6.07, 6.45) is 8.69. The average Bonchev–Trinajstić information content (AvgIpc) is 3.55. The van der Waals surface area contributed by atoms with Gasteiger partial charge in [0.1, 0.15) is 16.4 Å². The fourth-order valence-electron chi connectivity index (χ4n) is 5.11. The van der Waals surface area contributed by atoms with Crippen molar-refractivity contribution in [3.63, 3.8) is 0 Å². The molecule has 4 heterocycles. The molecule has 4 aromatic heterocycles. The molecule has 0 atom stereocenters. The van der Waals surface area contributed by atoms with Crippen LogP contribution in [-0.2, 0) is 31.2 Å². The van der Waals surface area contributed by atoms with Crippen LogP contribution in [0.5, 0.6) is 0 Å². The molecule has 0 aromatic carbocycles. The number of aryl methyl sites for hydroxylation is 1. The molecular weight excluding hydrogens is 540 g/mol. The van der Waals surface area contributed by atoms with Gasteiger partial charge in [0.2, 0.25) is 0 Å². The SMILES string of the molecule is COCCO[C@]1(C(=O)O)CC[C@H](c2nc3c(-c4cnc(-c5ccn(C)n5)nc4)cnn3c(N)c2S(C)(=O)=O)CC1. The van der Waals surface area contributed by atoms with Gasteiger partial charge >= 0.3 is 5.97 Å². The third-order valence-corrected chi connectivity index (χ3v) is 8.34. The minimum atomic E-state index is -3.80. The van der Waals surface area contributed by atoms with Crippen LogP contribution in [0.1, 0.15) is 37.3 Å². The van der Waals surface area contributed by atoms with E-state index in [1.807, 2.05) is 0 Å². The van der Waals surface area contributed by atoms with Gasteiger partial charge in [-0.1, -0.05) is 0 Å². The normalized spacial score (nSPS) is 19.7. The van der Waals surface area contributed by atoms with E-state index in [1.165, 1.54) is 17.8 Å². The van der Waals surface area contributed by atoms with Crippen molar-refractivity contribution in [3.05, 3.63) is 36.5 Å². The van der Waals surface area contributed by atoms with E-state index in [0.717, 1.165) is 6.26 Å². The smallest absolute Gasteiger partial charge is 0.335 e. The number of fused-ring (bicyclic) bond motifs is 1. The number of ether oxygens (including phenoxy) is 2. The van der Waals surface area contributed by atoms with Gasteiger partial charge in [0, 0.05) is 56.0 Å². The quantitative estimate of drug-likeness (QED) is 0.278. The van der Waals surface area contributed by atoms with Gasteiger partial charge in [0.25, 0.3) is 0 Å². The number of aromatic nitrogens is 7. The zero-order valence-corrected chi connectivity index (χ0v) is 23.1. The van der Waals surface area contributed by atoms with Crippen molar-refractivity contribution < 1.29 is 27.8 Å². The molecule has 40 heavy (non-hydrogen) atoms. The van der Waals surface area contributed by atoms with E-state index >= 15 is 0 Å². The zero-order chi connectivity index (χ0) is 28.7. The minimum absolute atomic E-state index is 0.0637. The molecule has 1 fully saturated rings. The predicted octanol–water partition coefficient (Wildman–Crippen LogP) is 1.72. The summed E-state index contributed by atoms with van der Waals surface area (Å²) in [7, 11) is -0.488. The lowest BCUT2D eigenvalue weighted by Gasteiger charge is -2.36. The second kappa shape index (κ2) is 10.6. The van der Waals surface area contributed by atoms with Crippen molar-refractivity contribution in [3.8, 4) is 22.6 Å². The molecule has 0 unspecified atom stereocenters. The van der Waals surface area contributed by atoms with Crippen LogP contribution in [0.2, 0.25) is 0 Å². The van der Waals surface area contributed by atoms with E-state index in [-0.39, 0.29) is 48.4 Å². The Morgan fingerprint density at radius 1 is 1.20 bits per heavy atom. The molecule has 1 saturated carbocycles. The number of aliphatic carboxylic acids is 1. The highest BCUT2D eigenvalue weighted by Crippen LogP contribution is 2.43. The number of anilines is 1. The van der Waals surface area contributed by atoms with E-state index in [4.69, 9.17) is 20.2 Å². The first-order valence-electron chi connectivity index (χ1n) is 12.6. The van der Waals surface area contributed by atoms with E-state index in [0.29, 0.717) is 41.1 Å². The summed E-state index contributed by atoms with van der Waals surface area (Å²) in [6, 6.07) is 1.80. The van der Waals surface area contributed by atoms with Gasteiger partial charge in [-0.3, -0.25) is 4.68 Å². The van der Waals surface area contributed by atoms with Gasteiger partial charge in [0.15, 0.2) is 26.9 Å². The topological polar surface area (TPSA) is 190 Å². The van der Waals surface area contributed by atoms with E-state index < -0.39 is 21.4 Å². The number of nitrogens with two attached hydrogens (primary N) is 1. The largest absolute Gasteiger partial charge is 0.479 e. The number of carboxylic acids is 1. The molecule has 5 rings (SSSR count). The lowest BCUT2D eigenvalue weighted by molar-refractivity contribution is -0.173. The molecule has 3 N–H and O–H groups in total. The predicted molar refractivity (Wildman–Crippen MR) is 143 cm³/mol. The highest BCUT2D eigenvalue weighted by molar-refractivity contribution is 7.91. The summed E-state index contributed by atoms with van der Waals surface area (Å²) in [4.78, 5) is 25.6. The van der Waals surface area contributed by atoms with Crippen LogP contribution in [0.25, 0.3) is 28.3 Å². The van der Waals surface area contributed by atoms with Crippen LogP contribution < -0.4 is 5.73 Å². The Bertz CT molecular complexity index is 1660. The molecule has 4 aromatic rings. The van der Waals surface area contributed by atoms with Gasteiger partial charge in [-0.15, -0.1) is 0 Å². The molecule has 14 nitrogen and oxygen atoms in total. The molecule has 212 valence electrons. The molecule has 1 aliphatic rings. The maximum Gasteiger partial charge on any atom is 0.335 e. The highest BCUT2D eigenvalue weighted by Gasteiger charge is 2.44. The van der Waals surface area contributed by atoms with Crippen molar-refractivity contribution >= 4 is 27.3 Å². The van der Waals surface area contributed by atoms with Crippen LogP contribution in [0, 0.1) is 0 Å². The van der Waals surface area contributed by atoms with E-state index in [1.54, 1.807) is 36.4 Å². The maximum absolute atomic E-state index is 12.9. The monoisotopic (exact) mass is 570 g/mol. The number of nitrogens with zero attached hydrogens (tertiary/aromatic N) is 7. The molecule has 1 aliphatic carbocycles. The van der Waals surface area contributed by atoms with Gasteiger partial charge in [0.05, 0.1) is 25.1 Å². The number of carboxylic acid groups (broad SMARTS) is 1. The molecular formula is C25H30N8O6S. The highest BCUT2D eigenvalue weighted by atomic mass is 32.2. The molecule has 0 spiro atoms. The Labute approximate surface area is 230 Å². The third-order valence-electron chi connectivity index (χ3n) is 7.18. The van der Waals surface area contributed by atoms with Gasteiger partial charge in [-0.2, -0.15) is 14.7 Å². The van der Waals surface area contributed by atoms with Crippen LogP contribution >= 0.6 is 0 Å². The summed E-state index contributed by atoms with van der Waals surface area (Å²) in [5.74, 6) is -1.03. The van der Waals surface area contributed by atoms with Gasteiger partial charge in [-0.25, -0.2) is 28.2 Å². The van der Waals surface area contributed by atoms with E-state index in [9.17, 15) is 18.3 Å². The minimum Gasteiger partial charge on any atom is -0.479 e. The zero-order valence-electron chi connectivity index (χ0n) is 22.3. The third kappa shape index (κ3) is 5.02. The van der Waals surface area contributed by atoms with Crippen LogP contribution in [0.4, 0.5) is 5.82 Å². The molecule has 0 saturated heterocycles. The standard InChI is InChI=1S/C25H30N8O6S/c1-32-9-6-18(31-32)22-27-12-16(13-28-22)17-14-29-33-21(26)20(40(3,36)37)19(30-23(17)33)15-4-7-25(8-5-15,24(34)35)39-11-10-38-2/h6,9,12-15H,4-5,7-8,10-11,26H2,1-3H3,(H,34,35)/t15-,25+. The summed E-state index contributed by atoms with van der Waals surface area (Å²) in [5.41, 5.74) is 7.46. The lowest BCUT2D eigenvalue weighted by atomic mass is 9.77. The van der Waals surface area contributed by atoms with Gasteiger partial charge < -0.3 is 20.3 Å². The van der Waals surface area contributed by atoms with Crippen LogP contribution in [-0.4, -0.2) is 86.0 Å². The Balaban J connectivity index is 1.53. The first-order chi connectivity index (χ1) is 19.0. The molecule has 0 radical (unpaired) electrons. The fraction of sp³-hybridized carbons (Fsp3) is 0.440. The second-order valence-electron chi connectivity index (χ2n) is 9.86. The number of carbonyl (C=O) groups is 1.